The lowest BCUT2D eigenvalue weighted by Gasteiger charge is -2.31. The van der Waals surface area contributed by atoms with Gasteiger partial charge in [0.15, 0.2) is 0 Å². The van der Waals surface area contributed by atoms with Gasteiger partial charge in [0.1, 0.15) is 6.10 Å². The lowest BCUT2D eigenvalue weighted by molar-refractivity contribution is -0.128. The number of hydrogen-bond donors (Lipinski definition) is 1. The fourth-order valence-corrected chi connectivity index (χ4v) is 2.92. The van der Waals surface area contributed by atoms with Crippen molar-refractivity contribution in [3.63, 3.8) is 0 Å². The highest BCUT2D eigenvalue weighted by Gasteiger charge is 2.29. The number of nitrogens with one attached hydrogen (secondary N) is 1. The van der Waals surface area contributed by atoms with Crippen LogP contribution in [0.15, 0.2) is 12.4 Å². The zero-order valence-electron chi connectivity index (χ0n) is 11.9. The molecule has 0 unspecified atom stereocenters. The molecule has 0 aliphatic heterocycles. The van der Waals surface area contributed by atoms with Gasteiger partial charge < -0.3 is 10.1 Å². The zero-order valence-corrected chi connectivity index (χ0v) is 12.7. The number of carbonyl (C=O) groups excluding carboxylic acids is 1. The molecule has 2 aliphatic carbocycles. The molecule has 114 valence electrons. The molecular formula is C15H20ClN3O2. The Labute approximate surface area is 129 Å². The molecule has 0 bridgehead atoms. The molecule has 1 aromatic rings. The molecule has 5 nitrogen and oxygen atoms in total. The molecule has 2 saturated carbocycles. The lowest BCUT2D eigenvalue weighted by Crippen LogP contribution is -2.43. The van der Waals surface area contributed by atoms with Crippen molar-refractivity contribution in [2.24, 2.45) is 5.92 Å². The first-order chi connectivity index (χ1) is 10.2. The molecule has 6 heteroatoms. The highest BCUT2D eigenvalue weighted by molar-refractivity contribution is 6.30. The van der Waals surface area contributed by atoms with E-state index in [-0.39, 0.29) is 17.9 Å². The van der Waals surface area contributed by atoms with E-state index in [0.29, 0.717) is 17.1 Å². The predicted molar refractivity (Wildman–Crippen MR) is 79.2 cm³/mol. The summed E-state index contributed by atoms with van der Waals surface area (Å²) in [6, 6.07) is 0.672. The van der Waals surface area contributed by atoms with Crippen LogP contribution in [0.3, 0.4) is 0 Å². The van der Waals surface area contributed by atoms with Crippen LogP contribution in [0.25, 0.3) is 0 Å². The predicted octanol–water partition coefficient (Wildman–Crippen LogP) is 2.74. The van der Waals surface area contributed by atoms with Crippen LogP contribution in [-0.2, 0) is 4.79 Å². The largest absolute Gasteiger partial charge is 0.460 e. The minimum atomic E-state index is 0.128. The van der Waals surface area contributed by atoms with Gasteiger partial charge in [-0.3, -0.25) is 4.79 Å². The van der Waals surface area contributed by atoms with Crippen molar-refractivity contribution in [2.75, 3.05) is 0 Å². The highest BCUT2D eigenvalue weighted by atomic mass is 35.5. The molecular weight excluding hydrogens is 290 g/mol. The standard InChI is InChI=1S/C15H20ClN3O2/c16-11-8-17-15(18-9-11)21-13-6-4-12(5-7-13)19-14(20)10-2-1-3-10/h8-10,12-13H,1-7H2,(H,19,20). The van der Waals surface area contributed by atoms with E-state index in [4.69, 9.17) is 16.3 Å². The van der Waals surface area contributed by atoms with E-state index in [2.05, 4.69) is 15.3 Å². The number of ether oxygens (including phenoxy) is 1. The molecule has 1 aromatic heterocycles. The summed E-state index contributed by atoms with van der Waals surface area (Å²) in [4.78, 5) is 20.0. The number of aromatic nitrogens is 2. The van der Waals surface area contributed by atoms with Crippen molar-refractivity contribution in [3.8, 4) is 6.01 Å². The molecule has 1 N–H and O–H groups in total. The minimum Gasteiger partial charge on any atom is -0.460 e. The second kappa shape index (κ2) is 6.60. The molecule has 21 heavy (non-hydrogen) atoms. The zero-order chi connectivity index (χ0) is 14.7. The Bertz CT molecular complexity index is 482. The Morgan fingerprint density at radius 2 is 1.81 bits per heavy atom. The molecule has 0 aromatic carbocycles. The first kappa shape index (κ1) is 14.6. The summed E-state index contributed by atoms with van der Waals surface area (Å²) < 4.78 is 5.75. The maximum Gasteiger partial charge on any atom is 0.316 e. The number of rotatable bonds is 4. The number of halogens is 1. The molecule has 0 saturated heterocycles. The summed E-state index contributed by atoms with van der Waals surface area (Å²) >= 11 is 5.74. The van der Waals surface area contributed by atoms with Crippen molar-refractivity contribution < 1.29 is 9.53 Å². The highest BCUT2D eigenvalue weighted by Crippen LogP contribution is 2.28. The van der Waals surface area contributed by atoms with Crippen LogP contribution in [0.5, 0.6) is 6.01 Å². The van der Waals surface area contributed by atoms with Gasteiger partial charge >= 0.3 is 6.01 Å². The maximum absolute atomic E-state index is 11.9. The van der Waals surface area contributed by atoms with E-state index in [1.54, 1.807) is 0 Å². The van der Waals surface area contributed by atoms with Crippen LogP contribution in [0.2, 0.25) is 5.02 Å². The van der Waals surface area contributed by atoms with Gasteiger partial charge in [0.2, 0.25) is 5.91 Å². The molecule has 3 rings (SSSR count). The van der Waals surface area contributed by atoms with Crippen LogP contribution >= 0.6 is 11.6 Å². The summed E-state index contributed by atoms with van der Waals surface area (Å²) in [5.74, 6) is 0.507. The quantitative estimate of drug-likeness (QED) is 0.929. The van der Waals surface area contributed by atoms with Gasteiger partial charge in [0, 0.05) is 12.0 Å². The number of carbonyl (C=O) groups is 1. The van der Waals surface area contributed by atoms with Gasteiger partial charge in [-0.25, -0.2) is 9.97 Å². The lowest BCUT2D eigenvalue weighted by atomic mass is 9.84. The average molecular weight is 310 g/mol. The second-order valence-corrected chi connectivity index (χ2v) is 6.35. The maximum atomic E-state index is 11.9. The van der Waals surface area contributed by atoms with E-state index in [1.807, 2.05) is 0 Å². The fraction of sp³-hybridized carbons (Fsp3) is 0.667. The SMILES string of the molecule is O=C(NC1CCC(Oc2ncc(Cl)cn2)CC1)C1CCC1. The van der Waals surface area contributed by atoms with Crippen LogP contribution in [0.4, 0.5) is 0 Å². The monoisotopic (exact) mass is 309 g/mol. The number of amides is 1. The van der Waals surface area contributed by atoms with Crippen LogP contribution in [-0.4, -0.2) is 28.0 Å². The first-order valence-corrected chi connectivity index (χ1v) is 8.03. The molecule has 0 atom stereocenters. The fourth-order valence-electron chi connectivity index (χ4n) is 2.82. The summed E-state index contributed by atoms with van der Waals surface area (Å²) in [5.41, 5.74) is 0. The Balaban J connectivity index is 1.42. The number of hydrogen-bond acceptors (Lipinski definition) is 4. The van der Waals surface area contributed by atoms with E-state index >= 15 is 0 Å². The van der Waals surface area contributed by atoms with E-state index < -0.39 is 0 Å². The molecule has 0 spiro atoms. The van der Waals surface area contributed by atoms with Crippen molar-refractivity contribution in [1.29, 1.82) is 0 Å². The summed E-state index contributed by atoms with van der Waals surface area (Å²) in [6.45, 7) is 0. The third-order valence-corrected chi connectivity index (χ3v) is 4.56. The molecule has 1 amide bonds. The Morgan fingerprint density at radius 3 is 2.38 bits per heavy atom. The minimum absolute atomic E-state index is 0.128. The summed E-state index contributed by atoms with van der Waals surface area (Å²) in [7, 11) is 0. The Kier molecular flexibility index (Phi) is 4.58. The number of nitrogens with zero attached hydrogens (tertiary/aromatic N) is 2. The van der Waals surface area contributed by atoms with Gasteiger partial charge in [-0.2, -0.15) is 0 Å². The van der Waals surface area contributed by atoms with Crippen molar-refractivity contribution in [1.82, 2.24) is 15.3 Å². The van der Waals surface area contributed by atoms with Gasteiger partial charge in [-0.15, -0.1) is 0 Å². The topological polar surface area (TPSA) is 64.1 Å². The van der Waals surface area contributed by atoms with E-state index in [1.165, 1.54) is 18.8 Å². The second-order valence-electron chi connectivity index (χ2n) is 5.91. The van der Waals surface area contributed by atoms with Gasteiger partial charge in [0.25, 0.3) is 0 Å². The van der Waals surface area contributed by atoms with Crippen molar-refractivity contribution in [3.05, 3.63) is 17.4 Å². The normalized spacial score (nSPS) is 26.0. The van der Waals surface area contributed by atoms with Crippen LogP contribution in [0.1, 0.15) is 44.9 Å². The van der Waals surface area contributed by atoms with E-state index in [0.717, 1.165) is 38.5 Å². The molecule has 2 aliphatic rings. The van der Waals surface area contributed by atoms with E-state index in [9.17, 15) is 4.79 Å². The Hall–Kier alpha value is -1.36. The Morgan fingerprint density at radius 1 is 1.14 bits per heavy atom. The average Bonchev–Trinajstić information content (AvgIpc) is 2.41. The first-order valence-electron chi connectivity index (χ1n) is 7.65. The van der Waals surface area contributed by atoms with Crippen LogP contribution < -0.4 is 10.1 Å². The van der Waals surface area contributed by atoms with Crippen molar-refractivity contribution in [2.45, 2.75) is 57.1 Å². The molecule has 0 radical (unpaired) electrons. The summed E-state index contributed by atoms with van der Waals surface area (Å²) in [5, 5.41) is 3.67. The van der Waals surface area contributed by atoms with Gasteiger partial charge in [-0.05, 0) is 38.5 Å². The smallest absolute Gasteiger partial charge is 0.316 e. The molecule has 1 heterocycles. The third-order valence-electron chi connectivity index (χ3n) is 4.37. The van der Waals surface area contributed by atoms with Crippen molar-refractivity contribution >= 4 is 17.5 Å². The third kappa shape index (κ3) is 3.84. The van der Waals surface area contributed by atoms with Gasteiger partial charge in [-0.1, -0.05) is 18.0 Å². The molecule has 2 fully saturated rings. The summed E-state index contributed by atoms with van der Waals surface area (Å²) in [6.07, 6.45) is 10.2. The van der Waals surface area contributed by atoms with Crippen LogP contribution in [0, 0.1) is 5.92 Å². The van der Waals surface area contributed by atoms with Gasteiger partial charge in [0.05, 0.1) is 17.4 Å².